The molecule has 1 N–H and O–H groups in total. The Bertz CT molecular complexity index is 745. The van der Waals surface area contributed by atoms with Crippen LogP contribution in [-0.4, -0.2) is 35.9 Å². The number of halogens is 1. The van der Waals surface area contributed by atoms with Crippen LogP contribution in [-0.2, 0) is 24.8 Å². The average Bonchev–Trinajstić information content (AvgIpc) is 2.87. The van der Waals surface area contributed by atoms with Gasteiger partial charge in [0, 0.05) is 25.8 Å². The molecule has 2 heterocycles. The Balaban J connectivity index is 0.00000225. The van der Waals surface area contributed by atoms with Crippen molar-refractivity contribution >= 4 is 24.0 Å². The minimum Gasteiger partial charge on any atom is -0.481 e. The number of methoxy groups -OCH3 is 1. The van der Waals surface area contributed by atoms with Gasteiger partial charge < -0.3 is 15.0 Å². The molecule has 0 saturated heterocycles. The maximum atomic E-state index is 12.6. The number of para-hydroxylation sites is 1. The maximum Gasteiger partial charge on any atom is 0.240 e. The predicted molar refractivity (Wildman–Crippen MR) is 101 cm³/mol. The third-order valence-corrected chi connectivity index (χ3v) is 4.47. The third-order valence-electron chi connectivity index (χ3n) is 4.47. The van der Waals surface area contributed by atoms with Gasteiger partial charge in [0.15, 0.2) is 0 Å². The number of nitrogens with one attached hydrogen (secondary N) is 1. The van der Waals surface area contributed by atoms with E-state index >= 15 is 0 Å². The fraction of sp³-hybridized carbons (Fsp3) is 0.444. The highest BCUT2D eigenvalue weighted by Crippen LogP contribution is 2.26. The van der Waals surface area contributed by atoms with Gasteiger partial charge in [0.05, 0.1) is 24.9 Å². The monoisotopic (exact) mass is 364 g/mol. The molecule has 1 aliphatic rings. The van der Waals surface area contributed by atoms with E-state index in [4.69, 9.17) is 4.74 Å². The minimum atomic E-state index is 0. The van der Waals surface area contributed by atoms with Crippen LogP contribution in [0.5, 0.6) is 5.88 Å². The van der Waals surface area contributed by atoms with Crippen LogP contribution in [0.15, 0.2) is 24.3 Å². The lowest BCUT2D eigenvalue weighted by Gasteiger charge is -2.29. The molecular formula is C18H25ClN4O2. The molecular weight excluding hydrogens is 340 g/mol. The molecule has 25 heavy (non-hydrogen) atoms. The summed E-state index contributed by atoms with van der Waals surface area (Å²) in [4.78, 5) is 14.5. The van der Waals surface area contributed by atoms with E-state index in [1.807, 2.05) is 37.1 Å². The van der Waals surface area contributed by atoms with Crippen molar-refractivity contribution < 1.29 is 9.53 Å². The van der Waals surface area contributed by atoms with Gasteiger partial charge in [0.2, 0.25) is 11.8 Å². The molecule has 2 aromatic rings. The normalized spacial score (nSPS) is 13.2. The number of aryl methyl sites for hydroxylation is 3. The van der Waals surface area contributed by atoms with Crippen molar-refractivity contribution in [3.8, 4) is 5.88 Å². The zero-order valence-electron chi connectivity index (χ0n) is 14.9. The number of anilines is 1. The van der Waals surface area contributed by atoms with Crippen molar-refractivity contribution in [3.63, 3.8) is 0 Å². The van der Waals surface area contributed by atoms with Crippen molar-refractivity contribution in [2.45, 2.75) is 26.3 Å². The van der Waals surface area contributed by atoms with Crippen molar-refractivity contribution in [3.05, 3.63) is 41.1 Å². The Kier molecular flexibility index (Phi) is 6.45. The number of rotatable bonds is 5. The number of aromatic nitrogens is 2. The van der Waals surface area contributed by atoms with Gasteiger partial charge in [-0.2, -0.15) is 5.10 Å². The topological polar surface area (TPSA) is 59.4 Å². The molecule has 0 fully saturated rings. The number of carbonyl (C=O) groups excluding carboxylic acids is 1. The summed E-state index contributed by atoms with van der Waals surface area (Å²) in [6.45, 7) is 3.59. The summed E-state index contributed by atoms with van der Waals surface area (Å²) >= 11 is 0. The molecule has 0 unspecified atom stereocenters. The van der Waals surface area contributed by atoms with Gasteiger partial charge >= 0.3 is 0 Å². The van der Waals surface area contributed by atoms with Gasteiger partial charge in [-0.3, -0.25) is 4.79 Å². The molecule has 0 saturated carbocycles. The summed E-state index contributed by atoms with van der Waals surface area (Å²) in [5.41, 5.74) is 4.21. The number of nitrogens with zero attached hydrogens (tertiary/aromatic N) is 3. The first-order valence-electron chi connectivity index (χ1n) is 8.27. The molecule has 0 spiro atoms. The Labute approximate surface area is 154 Å². The highest BCUT2D eigenvalue weighted by molar-refractivity contribution is 5.95. The molecule has 0 bridgehead atoms. The molecule has 6 nitrogen and oxygen atoms in total. The van der Waals surface area contributed by atoms with E-state index in [1.165, 1.54) is 5.56 Å². The predicted octanol–water partition coefficient (Wildman–Crippen LogP) is 2.23. The van der Waals surface area contributed by atoms with E-state index in [-0.39, 0.29) is 18.3 Å². The van der Waals surface area contributed by atoms with Crippen LogP contribution in [0, 0.1) is 6.92 Å². The lowest BCUT2D eigenvalue weighted by atomic mass is 10.0. The highest BCUT2D eigenvalue weighted by Gasteiger charge is 2.22. The number of fused-ring (bicyclic) bond motifs is 1. The first kappa shape index (κ1) is 19.3. The van der Waals surface area contributed by atoms with Gasteiger partial charge in [-0.05, 0) is 31.4 Å². The molecule has 0 aliphatic carbocycles. The van der Waals surface area contributed by atoms with Gasteiger partial charge in [0.25, 0.3) is 0 Å². The Morgan fingerprint density at radius 1 is 1.36 bits per heavy atom. The lowest BCUT2D eigenvalue weighted by Crippen LogP contribution is -2.41. The summed E-state index contributed by atoms with van der Waals surface area (Å²) in [6.07, 6.45) is 2.05. The molecule has 1 aromatic heterocycles. The summed E-state index contributed by atoms with van der Waals surface area (Å²) in [7, 11) is 3.49. The smallest absolute Gasteiger partial charge is 0.240 e. The highest BCUT2D eigenvalue weighted by atomic mass is 35.5. The van der Waals surface area contributed by atoms with Crippen LogP contribution in [0.1, 0.15) is 23.2 Å². The largest absolute Gasteiger partial charge is 0.481 e. The molecule has 7 heteroatoms. The van der Waals surface area contributed by atoms with Gasteiger partial charge in [-0.1, -0.05) is 18.2 Å². The fourth-order valence-corrected chi connectivity index (χ4v) is 3.32. The van der Waals surface area contributed by atoms with Crippen molar-refractivity contribution in [1.29, 1.82) is 0 Å². The van der Waals surface area contributed by atoms with Gasteiger partial charge in [-0.15, -0.1) is 12.4 Å². The molecule has 1 aromatic carbocycles. The fourth-order valence-electron chi connectivity index (χ4n) is 3.32. The molecule has 1 aliphatic heterocycles. The van der Waals surface area contributed by atoms with Crippen LogP contribution in [0.3, 0.4) is 0 Å². The van der Waals surface area contributed by atoms with Crippen molar-refractivity contribution in [2.24, 2.45) is 7.05 Å². The second-order valence-electron chi connectivity index (χ2n) is 6.08. The quantitative estimate of drug-likeness (QED) is 0.883. The standard InChI is InChI=1S/C18H24N4O2.ClH/c1-13-15(18(24-3)21(2)20-13)11-19-12-17(23)22-10-6-8-14-7-4-5-9-16(14)22;/h4-5,7,9,19H,6,8,10-12H2,1-3H3;1H. The number of ether oxygens (including phenoxy) is 1. The van der Waals surface area contributed by atoms with E-state index in [0.717, 1.165) is 42.2 Å². The second-order valence-corrected chi connectivity index (χ2v) is 6.08. The molecule has 1 amide bonds. The number of hydrogen-bond acceptors (Lipinski definition) is 4. The zero-order chi connectivity index (χ0) is 17.1. The summed E-state index contributed by atoms with van der Waals surface area (Å²) in [5, 5.41) is 7.59. The van der Waals surface area contributed by atoms with Gasteiger partial charge in [-0.25, -0.2) is 4.68 Å². The van der Waals surface area contributed by atoms with E-state index < -0.39 is 0 Å². The van der Waals surface area contributed by atoms with Crippen LogP contribution in [0.2, 0.25) is 0 Å². The van der Waals surface area contributed by atoms with Crippen LogP contribution < -0.4 is 15.0 Å². The zero-order valence-corrected chi connectivity index (χ0v) is 15.7. The first-order valence-corrected chi connectivity index (χ1v) is 8.27. The summed E-state index contributed by atoms with van der Waals surface area (Å²) in [6, 6.07) is 8.15. The molecule has 0 atom stereocenters. The third kappa shape index (κ3) is 3.96. The van der Waals surface area contributed by atoms with Crippen molar-refractivity contribution in [2.75, 3.05) is 25.1 Å². The second kappa shape index (κ2) is 8.36. The van der Waals surface area contributed by atoms with Crippen LogP contribution in [0.4, 0.5) is 5.69 Å². The minimum absolute atomic E-state index is 0. The molecule has 136 valence electrons. The Morgan fingerprint density at radius 3 is 2.88 bits per heavy atom. The Morgan fingerprint density at radius 2 is 2.12 bits per heavy atom. The van der Waals surface area contributed by atoms with Crippen LogP contribution in [0.25, 0.3) is 0 Å². The molecule has 3 rings (SSSR count). The maximum absolute atomic E-state index is 12.6. The van der Waals surface area contributed by atoms with Gasteiger partial charge in [0.1, 0.15) is 0 Å². The molecule has 0 radical (unpaired) electrons. The number of hydrogen-bond donors (Lipinski definition) is 1. The van der Waals surface area contributed by atoms with E-state index in [2.05, 4.69) is 16.5 Å². The van der Waals surface area contributed by atoms with E-state index in [0.29, 0.717) is 13.1 Å². The summed E-state index contributed by atoms with van der Waals surface area (Å²) in [5.74, 6) is 0.832. The van der Waals surface area contributed by atoms with Crippen molar-refractivity contribution in [1.82, 2.24) is 15.1 Å². The van der Waals surface area contributed by atoms with E-state index in [1.54, 1.807) is 11.8 Å². The van der Waals surface area contributed by atoms with E-state index in [9.17, 15) is 4.79 Å². The number of benzene rings is 1. The number of carbonyl (C=O) groups is 1. The first-order chi connectivity index (χ1) is 11.6. The average molecular weight is 365 g/mol. The number of amides is 1. The lowest BCUT2D eigenvalue weighted by molar-refractivity contribution is -0.117. The summed E-state index contributed by atoms with van der Waals surface area (Å²) < 4.78 is 7.10. The van der Waals surface area contributed by atoms with Crippen LogP contribution >= 0.6 is 12.4 Å². The Hall–Kier alpha value is -2.05. The SMILES string of the molecule is COc1c(CNCC(=O)N2CCCc3ccccc32)c(C)nn1C.Cl.